The third-order valence-corrected chi connectivity index (χ3v) is 5.96. The van der Waals surface area contributed by atoms with Crippen molar-refractivity contribution < 1.29 is 14.6 Å². The number of aliphatic hydroxyl groups is 1. The van der Waals surface area contributed by atoms with Gasteiger partial charge in [-0.15, -0.1) is 0 Å². The van der Waals surface area contributed by atoms with Crippen LogP contribution in [-0.2, 0) is 17.8 Å². The monoisotopic (exact) mass is 395 g/mol. The van der Waals surface area contributed by atoms with Gasteiger partial charge in [0.2, 0.25) is 5.91 Å². The topological polar surface area (TPSA) is 65.9 Å². The third kappa shape index (κ3) is 5.34. The average Bonchev–Trinajstić information content (AvgIpc) is 3.20. The first-order chi connectivity index (χ1) is 14.2. The molecule has 2 saturated heterocycles. The molecular formula is C23H29N3O3. The fourth-order valence-electron chi connectivity index (χ4n) is 4.22. The number of amides is 1. The Morgan fingerprint density at radius 3 is 2.38 bits per heavy atom. The Morgan fingerprint density at radius 1 is 1.00 bits per heavy atom. The lowest BCUT2D eigenvalue weighted by atomic mass is 10.0. The van der Waals surface area contributed by atoms with Gasteiger partial charge in [0, 0.05) is 44.6 Å². The number of rotatable bonds is 6. The van der Waals surface area contributed by atoms with Crippen LogP contribution in [0.5, 0.6) is 5.75 Å². The number of carbonyl (C=O) groups is 1. The smallest absolute Gasteiger partial charge is 0.226 e. The highest BCUT2D eigenvalue weighted by molar-refractivity contribution is 5.78. The van der Waals surface area contributed by atoms with Crippen molar-refractivity contribution in [3.05, 3.63) is 59.9 Å². The summed E-state index contributed by atoms with van der Waals surface area (Å²) in [7, 11) is 0. The number of aromatic nitrogens is 1. The third-order valence-electron chi connectivity index (χ3n) is 5.96. The van der Waals surface area contributed by atoms with Crippen molar-refractivity contribution in [2.75, 3.05) is 26.2 Å². The number of β-amino-alcohol motifs (C(OH)–C–C–N with tert-alkyl or cyclic N) is 1. The maximum Gasteiger partial charge on any atom is 0.226 e. The molecule has 1 aromatic heterocycles. The van der Waals surface area contributed by atoms with Crippen LogP contribution < -0.4 is 4.74 Å². The molecule has 0 spiro atoms. The summed E-state index contributed by atoms with van der Waals surface area (Å²) in [6.45, 7) is 3.89. The molecule has 29 heavy (non-hydrogen) atoms. The predicted octanol–water partition coefficient (Wildman–Crippen LogP) is 2.26. The molecule has 1 amide bonds. The first-order valence-electron chi connectivity index (χ1n) is 10.5. The maximum atomic E-state index is 12.7. The highest BCUT2D eigenvalue weighted by atomic mass is 16.5. The van der Waals surface area contributed by atoms with Crippen LogP contribution in [0.1, 0.15) is 30.4 Å². The van der Waals surface area contributed by atoms with Gasteiger partial charge in [0.1, 0.15) is 12.4 Å². The van der Waals surface area contributed by atoms with E-state index in [1.54, 1.807) is 12.4 Å². The lowest BCUT2D eigenvalue weighted by molar-refractivity contribution is -0.132. The largest absolute Gasteiger partial charge is 0.489 e. The van der Waals surface area contributed by atoms with Gasteiger partial charge in [-0.1, -0.05) is 12.1 Å². The molecule has 1 unspecified atom stereocenters. The van der Waals surface area contributed by atoms with E-state index in [4.69, 9.17) is 4.74 Å². The minimum atomic E-state index is -0.175. The van der Waals surface area contributed by atoms with Crippen LogP contribution in [0, 0.1) is 0 Å². The number of benzene rings is 1. The number of aliphatic hydroxyl groups excluding tert-OH is 1. The quantitative estimate of drug-likeness (QED) is 0.813. The zero-order valence-electron chi connectivity index (χ0n) is 16.7. The van der Waals surface area contributed by atoms with E-state index in [9.17, 15) is 9.90 Å². The second kappa shape index (κ2) is 9.37. The molecule has 0 bridgehead atoms. The summed E-state index contributed by atoms with van der Waals surface area (Å²) in [6, 6.07) is 12.2. The minimum Gasteiger partial charge on any atom is -0.489 e. The van der Waals surface area contributed by atoms with Gasteiger partial charge in [-0.25, -0.2) is 0 Å². The van der Waals surface area contributed by atoms with E-state index >= 15 is 0 Å². The maximum absolute atomic E-state index is 12.7. The van der Waals surface area contributed by atoms with Crippen molar-refractivity contribution in [2.45, 2.75) is 44.4 Å². The van der Waals surface area contributed by atoms with Crippen LogP contribution in [-0.4, -0.2) is 64.1 Å². The Bertz CT molecular complexity index is 789. The number of hydrogen-bond donors (Lipinski definition) is 1. The van der Waals surface area contributed by atoms with Crippen molar-refractivity contribution in [2.24, 2.45) is 0 Å². The molecular weight excluding hydrogens is 366 g/mol. The van der Waals surface area contributed by atoms with E-state index in [1.807, 2.05) is 41.3 Å². The van der Waals surface area contributed by atoms with Crippen LogP contribution in [0.2, 0.25) is 0 Å². The van der Waals surface area contributed by atoms with E-state index in [2.05, 4.69) is 9.88 Å². The predicted molar refractivity (Wildman–Crippen MR) is 111 cm³/mol. The van der Waals surface area contributed by atoms with Crippen molar-refractivity contribution in [1.82, 2.24) is 14.8 Å². The number of nitrogens with zero attached hydrogens (tertiary/aromatic N) is 3. The minimum absolute atomic E-state index is 0.175. The molecule has 0 saturated carbocycles. The van der Waals surface area contributed by atoms with Gasteiger partial charge < -0.3 is 14.7 Å². The second-order valence-corrected chi connectivity index (χ2v) is 8.01. The summed E-state index contributed by atoms with van der Waals surface area (Å²) in [6.07, 6.45) is 6.64. The molecule has 2 aliphatic rings. The molecule has 6 heteroatoms. The summed E-state index contributed by atoms with van der Waals surface area (Å²) in [5.74, 6) is 0.988. The van der Waals surface area contributed by atoms with Crippen molar-refractivity contribution in [1.29, 1.82) is 0 Å². The van der Waals surface area contributed by atoms with E-state index in [-0.39, 0.29) is 12.0 Å². The first-order valence-corrected chi connectivity index (χ1v) is 10.5. The van der Waals surface area contributed by atoms with Crippen LogP contribution in [0.25, 0.3) is 0 Å². The number of hydrogen-bond acceptors (Lipinski definition) is 5. The molecule has 2 aromatic rings. The van der Waals surface area contributed by atoms with Crippen LogP contribution in [0.4, 0.5) is 0 Å². The van der Waals surface area contributed by atoms with E-state index < -0.39 is 0 Å². The second-order valence-electron chi connectivity index (χ2n) is 8.01. The molecule has 2 aliphatic heterocycles. The molecule has 3 heterocycles. The first kappa shape index (κ1) is 19.9. The zero-order chi connectivity index (χ0) is 20.1. The Balaban J connectivity index is 1.22. The van der Waals surface area contributed by atoms with E-state index in [0.717, 1.165) is 62.3 Å². The Hall–Kier alpha value is -2.44. The van der Waals surface area contributed by atoms with Gasteiger partial charge in [0.15, 0.2) is 0 Å². The standard InChI is InChI=1S/C23H29N3O3/c27-21-9-14-26(16-21)20-7-12-25(13-8-20)23(28)15-18-1-3-22(4-2-18)29-17-19-5-10-24-11-6-19/h1-6,10-11,20-21,27H,7-9,12-17H2. The lowest BCUT2D eigenvalue weighted by Crippen LogP contribution is -2.46. The van der Waals surface area contributed by atoms with Gasteiger partial charge in [0.05, 0.1) is 12.5 Å². The summed E-state index contributed by atoms with van der Waals surface area (Å²) in [4.78, 5) is 21.0. The number of ether oxygens (including phenoxy) is 1. The normalized spacial score (nSPS) is 20.7. The summed E-state index contributed by atoms with van der Waals surface area (Å²) in [5.41, 5.74) is 2.09. The van der Waals surface area contributed by atoms with Gasteiger partial charge in [-0.2, -0.15) is 0 Å². The lowest BCUT2D eigenvalue weighted by Gasteiger charge is -2.36. The highest BCUT2D eigenvalue weighted by Gasteiger charge is 2.30. The van der Waals surface area contributed by atoms with Crippen LogP contribution in [0.15, 0.2) is 48.8 Å². The highest BCUT2D eigenvalue weighted by Crippen LogP contribution is 2.22. The van der Waals surface area contributed by atoms with Gasteiger partial charge in [-0.3, -0.25) is 14.7 Å². The number of likely N-dealkylation sites (tertiary alicyclic amines) is 2. The molecule has 0 radical (unpaired) electrons. The van der Waals surface area contributed by atoms with Crippen molar-refractivity contribution in [3.63, 3.8) is 0 Å². The molecule has 1 N–H and O–H groups in total. The fraction of sp³-hybridized carbons (Fsp3) is 0.478. The number of carbonyl (C=O) groups excluding carboxylic acids is 1. The number of pyridine rings is 1. The van der Waals surface area contributed by atoms with Crippen LogP contribution >= 0.6 is 0 Å². The molecule has 1 aromatic carbocycles. The molecule has 1 atom stereocenters. The molecule has 154 valence electrons. The fourth-order valence-corrected chi connectivity index (χ4v) is 4.22. The van der Waals surface area contributed by atoms with Gasteiger partial charge in [-0.05, 0) is 54.7 Å². The van der Waals surface area contributed by atoms with Crippen LogP contribution in [0.3, 0.4) is 0 Å². The van der Waals surface area contributed by atoms with Gasteiger partial charge in [0.25, 0.3) is 0 Å². The van der Waals surface area contributed by atoms with Crippen molar-refractivity contribution in [3.8, 4) is 5.75 Å². The Kier molecular flexibility index (Phi) is 6.42. The summed E-state index contributed by atoms with van der Waals surface area (Å²) >= 11 is 0. The zero-order valence-corrected chi connectivity index (χ0v) is 16.7. The Labute approximate surface area is 172 Å². The van der Waals surface area contributed by atoms with Crippen molar-refractivity contribution >= 4 is 5.91 Å². The molecule has 6 nitrogen and oxygen atoms in total. The number of piperidine rings is 1. The SMILES string of the molecule is O=C(Cc1ccc(OCc2ccncc2)cc1)N1CCC(N2CCC(O)C2)CC1. The average molecular weight is 396 g/mol. The molecule has 0 aliphatic carbocycles. The van der Waals surface area contributed by atoms with E-state index in [1.165, 1.54) is 0 Å². The molecule has 4 rings (SSSR count). The summed E-state index contributed by atoms with van der Waals surface area (Å²) < 4.78 is 5.79. The Morgan fingerprint density at radius 2 is 1.72 bits per heavy atom. The molecule has 2 fully saturated rings. The van der Waals surface area contributed by atoms with Gasteiger partial charge >= 0.3 is 0 Å². The summed E-state index contributed by atoms with van der Waals surface area (Å²) in [5, 5.41) is 9.73. The van der Waals surface area contributed by atoms with E-state index in [0.29, 0.717) is 19.1 Å².